The van der Waals surface area contributed by atoms with Crippen molar-refractivity contribution in [3.8, 4) is 6.07 Å². The van der Waals surface area contributed by atoms with Crippen molar-refractivity contribution in [2.75, 3.05) is 0 Å². The largest absolute Gasteiger partial charge is 0.324 e. The minimum absolute atomic E-state index is 0. The molecule has 0 saturated carbocycles. The van der Waals surface area contributed by atoms with Crippen LogP contribution in [-0.2, 0) is 0 Å². The van der Waals surface area contributed by atoms with E-state index in [1.807, 2.05) is 19.1 Å². The Bertz CT molecular complexity index is 362. The fourth-order valence-electron chi connectivity index (χ4n) is 1.30. The van der Waals surface area contributed by atoms with Gasteiger partial charge >= 0.3 is 0 Å². The third-order valence-corrected chi connectivity index (χ3v) is 2.04. The van der Waals surface area contributed by atoms with Gasteiger partial charge in [-0.2, -0.15) is 5.26 Å². The summed E-state index contributed by atoms with van der Waals surface area (Å²) in [5.41, 5.74) is 8.73. The third-order valence-electron chi connectivity index (χ3n) is 2.04. The van der Waals surface area contributed by atoms with Crippen molar-refractivity contribution in [2.45, 2.75) is 19.4 Å². The lowest BCUT2D eigenvalue weighted by atomic mass is 10.0. The van der Waals surface area contributed by atoms with E-state index in [0.29, 0.717) is 5.56 Å². The van der Waals surface area contributed by atoms with Crippen LogP contribution < -0.4 is 5.73 Å². The molecule has 0 aliphatic rings. The zero-order valence-electron chi connectivity index (χ0n) is 8.73. The van der Waals surface area contributed by atoms with Gasteiger partial charge in [0.1, 0.15) is 0 Å². The first-order chi connectivity index (χ1) is 6.63. The van der Waals surface area contributed by atoms with Gasteiger partial charge in [0.15, 0.2) is 0 Å². The molecule has 2 nitrogen and oxygen atoms in total. The predicted molar refractivity (Wildman–Crippen MR) is 64.8 cm³/mol. The fourth-order valence-corrected chi connectivity index (χ4v) is 1.30. The second-order valence-corrected chi connectivity index (χ2v) is 3.50. The lowest BCUT2D eigenvalue weighted by Gasteiger charge is -2.11. The molecule has 15 heavy (non-hydrogen) atoms. The van der Waals surface area contributed by atoms with Crippen LogP contribution in [-0.4, -0.2) is 0 Å². The van der Waals surface area contributed by atoms with Crippen molar-refractivity contribution in [3.05, 3.63) is 47.5 Å². The Balaban J connectivity index is 0.00000196. The summed E-state index contributed by atoms with van der Waals surface area (Å²) in [6, 6.07) is 9.42. The molecule has 1 atom stereocenters. The number of hydrogen-bond acceptors (Lipinski definition) is 2. The number of nitrogens with zero attached hydrogens (tertiary/aromatic N) is 1. The van der Waals surface area contributed by atoms with E-state index < -0.39 is 0 Å². The summed E-state index contributed by atoms with van der Waals surface area (Å²) in [6.07, 6.45) is 0.784. The summed E-state index contributed by atoms with van der Waals surface area (Å²) in [4.78, 5) is 0. The summed E-state index contributed by atoms with van der Waals surface area (Å²) < 4.78 is 0. The molecular formula is C12H15ClN2. The van der Waals surface area contributed by atoms with Crippen LogP contribution in [0.3, 0.4) is 0 Å². The average molecular weight is 223 g/mol. The van der Waals surface area contributed by atoms with Crippen molar-refractivity contribution >= 4 is 12.4 Å². The van der Waals surface area contributed by atoms with E-state index in [4.69, 9.17) is 11.0 Å². The molecule has 0 aliphatic heterocycles. The van der Waals surface area contributed by atoms with Crippen LogP contribution in [0, 0.1) is 11.3 Å². The van der Waals surface area contributed by atoms with Crippen molar-refractivity contribution in [2.24, 2.45) is 5.73 Å². The molecule has 0 aliphatic carbocycles. The SMILES string of the molecule is C=C(C)C[C@H](N)c1ccc(C#N)cc1.Cl. The number of hydrogen-bond donors (Lipinski definition) is 1. The normalized spacial score (nSPS) is 11.0. The molecule has 1 aromatic carbocycles. The van der Waals surface area contributed by atoms with E-state index in [2.05, 4.69) is 12.6 Å². The van der Waals surface area contributed by atoms with E-state index in [1.54, 1.807) is 12.1 Å². The van der Waals surface area contributed by atoms with Crippen molar-refractivity contribution in [1.29, 1.82) is 5.26 Å². The van der Waals surface area contributed by atoms with Gasteiger partial charge < -0.3 is 5.73 Å². The summed E-state index contributed by atoms with van der Waals surface area (Å²) >= 11 is 0. The Morgan fingerprint density at radius 1 is 1.47 bits per heavy atom. The Morgan fingerprint density at radius 2 is 2.00 bits per heavy atom. The van der Waals surface area contributed by atoms with Gasteiger partial charge in [0.05, 0.1) is 11.6 Å². The maximum absolute atomic E-state index is 8.62. The minimum Gasteiger partial charge on any atom is -0.324 e. The molecule has 0 heterocycles. The smallest absolute Gasteiger partial charge is 0.0991 e. The average Bonchev–Trinajstić information content (AvgIpc) is 2.17. The van der Waals surface area contributed by atoms with Crippen LogP contribution in [0.2, 0.25) is 0 Å². The molecule has 1 aromatic rings. The highest BCUT2D eigenvalue weighted by atomic mass is 35.5. The molecule has 0 aromatic heterocycles. The van der Waals surface area contributed by atoms with Gasteiger partial charge in [-0.3, -0.25) is 0 Å². The minimum atomic E-state index is -0.0137. The third kappa shape index (κ3) is 4.16. The molecular weight excluding hydrogens is 208 g/mol. The van der Waals surface area contributed by atoms with Gasteiger partial charge in [0.2, 0.25) is 0 Å². The van der Waals surface area contributed by atoms with Crippen LogP contribution in [0.4, 0.5) is 0 Å². The predicted octanol–water partition coefficient (Wildman–Crippen LogP) is 2.95. The van der Waals surface area contributed by atoms with Gasteiger partial charge in [-0.15, -0.1) is 19.0 Å². The summed E-state index contributed by atoms with van der Waals surface area (Å²) in [5, 5.41) is 8.62. The fraction of sp³-hybridized carbons (Fsp3) is 0.250. The number of rotatable bonds is 3. The maximum Gasteiger partial charge on any atom is 0.0991 e. The second kappa shape index (κ2) is 6.23. The van der Waals surface area contributed by atoms with Gasteiger partial charge in [-0.25, -0.2) is 0 Å². The van der Waals surface area contributed by atoms with Gasteiger partial charge in [-0.05, 0) is 31.0 Å². The summed E-state index contributed by atoms with van der Waals surface area (Å²) in [5.74, 6) is 0. The van der Waals surface area contributed by atoms with Crippen LogP contribution in [0.25, 0.3) is 0 Å². The van der Waals surface area contributed by atoms with E-state index in [9.17, 15) is 0 Å². The number of nitriles is 1. The first kappa shape index (κ1) is 13.7. The highest BCUT2D eigenvalue weighted by Gasteiger charge is 2.05. The molecule has 2 N–H and O–H groups in total. The molecule has 0 saturated heterocycles. The van der Waals surface area contributed by atoms with Gasteiger partial charge in [0, 0.05) is 6.04 Å². The molecule has 1 rings (SSSR count). The number of benzene rings is 1. The Kier molecular flexibility index (Phi) is 5.69. The maximum atomic E-state index is 8.62. The summed E-state index contributed by atoms with van der Waals surface area (Å²) in [6.45, 7) is 5.78. The monoisotopic (exact) mass is 222 g/mol. The molecule has 0 amide bonds. The van der Waals surface area contributed by atoms with Crippen LogP contribution in [0.5, 0.6) is 0 Å². The summed E-state index contributed by atoms with van der Waals surface area (Å²) in [7, 11) is 0. The second-order valence-electron chi connectivity index (χ2n) is 3.50. The van der Waals surface area contributed by atoms with Crippen molar-refractivity contribution in [3.63, 3.8) is 0 Å². The van der Waals surface area contributed by atoms with Crippen molar-refractivity contribution in [1.82, 2.24) is 0 Å². The number of halogens is 1. The van der Waals surface area contributed by atoms with Crippen LogP contribution in [0.1, 0.15) is 30.5 Å². The standard InChI is InChI=1S/C12H14N2.ClH/c1-9(2)7-12(14)11-5-3-10(8-13)4-6-11;/h3-6,12H,1,7,14H2,2H3;1H/t12-;/m0./s1. The quantitative estimate of drug-likeness (QED) is 0.800. The van der Waals surface area contributed by atoms with Gasteiger partial charge in [-0.1, -0.05) is 17.7 Å². The van der Waals surface area contributed by atoms with Crippen LogP contribution in [0.15, 0.2) is 36.4 Å². The zero-order chi connectivity index (χ0) is 10.6. The molecule has 0 unspecified atom stereocenters. The van der Waals surface area contributed by atoms with E-state index >= 15 is 0 Å². The topological polar surface area (TPSA) is 49.8 Å². The van der Waals surface area contributed by atoms with Gasteiger partial charge in [0.25, 0.3) is 0 Å². The Labute approximate surface area is 96.8 Å². The molecule has 0 spiro atoms. The van der Waals surface area contributed by atoms with Crippen molar-refractivity contribution < 1.29 is 0 Å². The van der Waals surface area contributed by atoms with E-state index in [-0.39, 0.29) is 18.4 Å². The Hall–Kier alpha value is -1.30. The van der Waals surface area contributed by atoms with E-state index in [0.717, 1.165) is 17.6 Å². The zero-order valence-corrected chi connectivity index (χ0v) is 9.55. The highest BCUT2D eigenvalue weighted by Crippen LogP contribution is 2.17. The molecule has 0 bridgehead atoms. The first-order valence-corrected chi connectivity index (χ1v) is 4.53. The molecule has 3 heteroatoms. The van der Waals surface area contributed by atoms with Crippen LogP contribution >= 0.6 is 12.4 Å². The lowest BCUT2D eigenvalue weighted by molar-refractivity contribution is 0.717. The number of nitrogens with two attached hydrogens (primary N) is 1. The lowest BCUT2D eigenvalue weighted by Crippen LogP contribution is -2.10. The Morgan fingerprint density at radius 3 is 2.40 bits per heavy atom. The molecule has 80 valence electrons. The molecule has 0 fully saturated rings. The first-order valence-electron chi connectivity index (χ1n) is 4.53. The molecule has 0 radical (unpaired) electrons. The van der Waals surface area contributed by atoms with E-state index in [1.165, 1.54) is 0 Å². The highest BCUT2D eigenvalue weighted by molar-refractivity contribution is 5.85.